The molecule has 0 radical (unpaired) electrons. The molecule has 2 rings (SSSR count). The van der Waals surface area contributed by atoms with Gasteiger partial charge < -0.3 is 5.32 Å². The van der Waals surface area contributed by atoms with Crippen LogP contribution in [0.2, 0.25) is 0 Å². The Balaban J connectivity index is 2.24. The van der Waals surface area contributed by atoms with Gasteiger partial charge in [0.15, 0.2) is 0 Å². The highest BCUT2D eigenvalue weighted by Gasteiger charge is 2.22. The first-order valence-electron chi connectivity index (χ1n) is 7.28. The van der Waals surface area contributed by atoms with Crippen molar-refractivity contribution >= 4 is 49.9 Å². The molecule has 1 amide bonds. The Hall–Kier alpha value is -1.61. The molecule has 0 atom stereocenters. The van der Waals surface area contributed by atoms with Crippen LogP contribution in [0.3, 0.4) is 0 Å². The van der Waals surface area contributed by atoms with Crippen LogP contribution in [0.25, 0.3) is 0 Å². The minimum absolute atomic E-state index is 0.269. The number of aryl methyl sites for hydroxylation is 2. The third-order valence-corrected chi connectivity index (χ3v) is 5.33. The Morgan fingerprint density at radius 1 is 1.12 bits per heavy atom. The van der Waals surface area contributed by atoms with Crippen molar-refractivity contribution in [2.45, 2.75) is 13.8 Å². The van der Waals surface area contributed by atoms with Crippen molar-refractivity contribution in [3.8, 4) is 0 Å². The lowest BCUT2D eigenvalue weighted by Gasteiger charge is -2.23. The first kappa shape index (κ1) is 18.7. The van der Waals surface area contributed by atoms with Gasteiger partial charge in [-0.1, -0.05) is 18.2 Å². The van der Waals surface area contributed by atoms with E-state index >= 15 is 0 Å². The van der Waals surface area contributed by atoms with Crippen LogP contribution < -0.4 is 9.62 Å². The number of nitrogens with zero attached hydrogens (tertiary/aromatic N) is 1. The molecule has 2 aromatic rings. The number of hydrogen-bond donors (Lipinski definition) is 1. The molecule has 0 aliphatic rings. The first-order valence-corrected chi connectivity index (χ1v) is 10.2. The fourth-order valence-electron chi connectivity index (χ4n) is 2.31. The summed E-state index contributed by atoms with van der Waals surface area (Å²) in [5, 5.41) is 2.78. The highest BCUT2D eigenvalue weighted by atomic mass is 127. The molecule has 0 fully saturated rings. The summed E-state index contributed by atoms with van der Waals surface area (Å²) in [6.45, 7) is 3.44. The minimum Gasteiger partial charge on any atom is -0.324 e. The normalized spacial score (nSPS) is 11.2. The lowest BCUT2D eigenvalue weighted by Crippen LogP contribution is -2.37. The van der Waals surface area contributed by atoms with Crippen LogP contribution in [-0.2, 0) is 14.8 Å². The van der Waals surface area contributed by atoms with Gasteiger partial charge in [0, 0.05) is 9.26 Å². The Bertz CT molecular complexity index is 866. The van der Waals surface area contributed by atoms with Crippen LogP contribution in [-0.4, -0.2) is 27.1 Å². The Morgan fingerprint density at radius 3 is 2.38 bits per heavy atom. The average Bonchev–Trinajstić information content (AvgIpc) is 2.47. The zero-order valence-electron chi connectivity index (χ0n) is 13.7. The molecule has 0 heterocycles. The molecule has 0 aliphatic heterocycles. The van der Waals surface area contributed by atoms with Gasteiger partial charge in [0.05, 0.1) is 11.9 Å². The van der Waals surface area contributed by atoms with Gasteiger partial charge in [0.25, 0.3) is 0 Å². The van der Waals surface area contributed by atoms with Crippen LogP contribution in [0.5, 0.6) is 0 Å². The summed E-state index contributed by atoms with van der Waals surface area (Å²) >= 11 is 2.20. The number of anilines is 2. The molecule has 0 saturated heterocycles. The van der Waals surface area contributed by atoms with E-state index < -0.39 is 10.0 Å². The molecular weight excluding hydrogens is 439 g/mol. The van der Waals surface area contributed by atoms with E-state index in [1.54, 1.807) is 12.1 Å². The highest BCUT2D eigenvalue weighted by molar-refractivity contribution is 14.1. The van der Waals surface area contributed by atoms with Crippen LogP contribution in [0.4, 0.5) is 11.4 Å². The van der Waals surface area contributed by atoms with Gasteiger partial charge in [-0.2, -0.15) is 0 Å². The maximum absolute atomic E-state index is 12.4. The quantitative estimate of drug-likeness (QED) is 0.700. The predicted octanol–water partition coefficient (Wildman–Crippen LogP) is 3.31. The molecule has 5 nitrogen and oxygen atoms in total. The fraction of sp³-hybridized carbons (Fsp3) is 0.235. The number of carbonyl (C=O) groups is 1. The molecule has 0 aromatic heterocycles. The smallest absolute Gasteiger partial charge is 0.245 e. The molecule has 0 bridgehead atoms. The number of para-hydroxylation sites is 1. The van der Waals surface area contributed by atoms with Crippen molar-refractivity contribution in [3.63, 3.8) is 0 Å². The van der Waals surface area contributed by atoms with Crippen molar-refractivity contribution in [2.75, 3.05) is 22.4 Å². The number of amides is 1. The summed E-state index contributed by atoms with van der Waals surface area (Å²) in [5.41, 5.74) is 2.91. The maximum atomic E-state index is 12.4. The van der Waals surface area contributed by atoms with Crippen molar-refractivity contribution < 1.29 is 13.2 Å². The largest absolute Gasteiger partial charge is 0.324 e. The summed E-state index contributed by atoms with van der Waals surface area (Å²) < 4.78 is 26.5. The van der Waals surface area contributed by atoms with E-state index in [4.69, 9.17) is 0 Å². The molecular formula is C17H19IN2O3S. The monoisotopic (exact) mass is 458 g/mol. The third-order valence-electron chi connectivity index (χ3n) is 3.53. The number of halogens is 1. The van der Waals surface area contributed by atoms with E-state index in [2.05, 4.69) is 27.9 Å². The molecule has 0 aliphatic carbocycles. The Labute approximate surface area is 156 Å². The third kappa shape index (κ3) is 4.70. The Kier molecular flexibility index (Phi) is 5.87. The second-order valence-corrected chi connectivity index (χ2v) is 8.72. The summed E-state index contributed by atoms with van der Waals surface area (Å²) in [5.74, 6) is -0.381. The minimum atomic E-state index is -3.57. The Morgan fingerprint density at radius 2 is 1.79 bits per heavy atom. The molecule has 2 aromatic carbocycles. The fourth-order valence-corrected chi connectivity index (χ4v) is 3.87. The van der Waals surface area contributed by atoms with Crippen molar-refractivity contribution in [1.82, 2.24) is 0 Å². The van der Waals surface area contributed by atoms with Gasteiger partial charge in [-0.25, -0.2) is 8.42 Å². The average molecular weight is 458 g/mol. The summed E-state index contributed by atoms with van der Waals surface area (Å²) in [7, 11) is -3.57. The van der Waals surface area contributed by atoms with E-state index in [9.17, 15) is 13.2 Å². The van der Waals surface area contributed by atoms with Gasteiger partial charge in [0.1, 0.15) is 6.54 Å². The molecule has 128 valence electrons. The molecule has 0 spiro atoms. The zero-order valence-corrected chi connectivity index (χ0v) is 16.7. The molecule has 7 heteroatoms. The lowest BCUT2D eigenvalue weighted by atomic mass is 10.2. The summed E-state index contributed by atoms with van der Waals surface area (Å²) in [4.78, 5) is 12.4. The van der Waals surface area contributed by atoms with Crippen molar-refractivity contribution in [1.29, 1.82) is 0 Å². The van der Waals surface area contributed by atoms with E-state index in [0.29, 0.717) is 11.4 Å². The maximum Gasteiger partial charge on any atom is 0.245 e. The standard InChI is InChI=1S/C17H19IN2O3S/c1-12-6-4-5-7-16(12)20(24(3,22)23)11-17(21)19-15-9-8-14(18)10-13(15)2/h4-10H,11H2,1-3H3,(H,19,21). The molecule has 0 unspecified atom stereocenters. The summed E-state index contributed by atoms with van der Waals surface area (Å²) in [6, 6.07) is 12.7. The van der Waals surface area contributed by atoms with Gasteiger partial charge in [-0.3, -0.25) is 9.10 Å². The van der Waals surface area contributed by atoms with Crippen LogP contribution in [0.15, 0.2) is 42.5 Å². The first-order chi connectivity index (χ1) is 11.2. The highest BCUT2D eigenvalue weighted by Crippen LogP contribution is 2.22. The summed E-state index contributed by atoms with van der Waals surface area (Å²) in [6.07, 6.45) is 1.10. The second kappa shape index (κ2) is 7.52. The number of rotatable bonds is 5. The SMILES string of the molecule is Cc1cc(I)ccc1NC(=O)CN(c1ccccc1C)S(C)(=O)=O. The number of hydrogen-bond acceptors (Lipinski definition) is 3. The topological polar surface area (TPSA) is 66.5 Å². The van der Waals surface area contributed by atoms with Crippen LogP contribution in [0.1, 0.15) is 11.1 Å². The lowest BCUT2D eigenvalue weighted by molar-refractivity contribution is -0.114. The predicted molar refractivity (Wildman–Crippen MR) is 106 cm³/mol. The van der Waals surface area contributed by atoms with Crippen molar-refractivity contribution in [3.05, 3.63) is 57.2 Å². The second-order valence-electron chi connectivity index (χ2n) is 5.56. The van der Waals surface area contributed by atoms with E-state index in [1.165, 1.54) is 0 Å². The number of benzene rings is 2. The molecule has 0 saturated carbocycles. The molecule has 1 N–H and O–H groups in total. The van der Waals surface area contributed by atoms with E-state index in [1.807, 2.05) is 44.2 Å². The number of carbonyl (C=O) groups excluding carboxylic acids is 1. The number of sulfonamides is 1. The molecule has 24 heavy (non-hydrogen) atoms. The van der Waals surface area contributed by atoms with E-state index in [0.717, 1.165) is 25.3 Å². The van der Waals surface area contributed by atoms with Gasteiger partial charge in [0.2, 0.25) is 15.9 Å². The van der Waals surface area contributed by atoms with Crippen LogP contribution >= 0.6 is 22.6 Å². The van der Waals surface area contributed by atoms with Crippen LogP contribution in [0, 0.1) is 17.4 Å². The van der Waals surface area contributed by atoms with Gasteiger partial charge >= 0.3 is 0 Å². The van der Waals surface area contributed by atoms with Gasteiger partial charge in [-0.15, -0.1) is 0 Å². The van der Waals surface area contributed by atoms with Crippen molar-refractivity contribution in [2.24, 2.45) is 0 Å². The van der Waals surface area contributed by atoms with Gasteiger partial charge in [-0.05, 0) is 71.8 Å². The zero-order chi connectivity index (χ0) is 17.9. The number of nitrogens with one attached hydrogen (secondary N) is 1. The van der Waals surface area contributed by atoms with E-state index in [-0.39, 0.29) is 12.5 Å².